The lowest BCUT2D eigenvalue weighted by molar-refractivity contribution is -0.137. The highest BCUT2D eigenvalue weighted by molar-refractivity contribution is 5.94. The largest absolute Gasteiger partial charge is 0.416 e. The second-order valence-corrected chi connectivity index (χ2v) is 4.12. The molecule has 0 saturated carbocycles. The standard InChI is InChI=1S/C12H13F4NO2/c1-7(18)2-3-17-11(19)8-4-9(12(14,15)16)6-10(13)5-8/h4-7,18H,2-3H2,1H3,(H,17,19). The zero-order valence-corrected chi connectivity index (χ0v) is 10.1. The summed E-state index contributed by atoms with van der Waals surface area (Å²) in [5.41, 5.74) is -1.62. The predicted octanol–water partition coefficient (Wildman–Crippen LogP) is 2.35. The quantitative estimate of drug-likeness (QED) is 0.831. The van der Waals surface area contributed by atoms with Crippen molar-refractivity contribution in [3.8, 4) is 0 Å². The van der Waals surface area contributed by atoms with Gasteiger partial charge in [-0.25, -0.2) is 4.39 Å². The van der Waals surface area contributed by atoms with Gasteiger partial charge in [-0.1, -0.05) is 0 Å². The molecule has 1 atom stereocenters. The molecule has 0 aliphatic rings. The third kappa shape index (κ3) is 4.86. The Bertz CT molecular complexity index is 458. The molecule has 0 aliphatic carbocycles. The molecule has 0 radical (unpaired) electrons. The Labute approximate surface area is 107 Å². The number of carbonyl (C=O) groups is 1. The number of aliphatic hydroxyl groups is 1. The Morgan fingerprint density at radius 1 is 1.37 bits per heavy atom. The number of hydrogen-bond acceptors (Lipinski definition) is 2. The van der Waals surface area contributed by atoms with Gasteiger partial charge >= 0.3 is 6.18 Å². The molecular weight excluding hydrogens is 266 g/mol. The average molecular weight is 279 g/mol. The maximum atomic E-state index is 13.0. The van der Waals surface area contributed by atoms with Crippen molar-refractivity contribution in [2.24, 2.45) is 0 Å². The van der Waals surface area contributed by atoms with Crippen LogP contribution in [0.15, 0.2) is 18.2 Å². The van der Waals surface area contributed by atoms with Gasteiger partial charge in [0.05, 0.1) is 11.7 Å². The van der Waals surface area contributed by atoms with E-state index in [0.29, 0.717) is 12.1 Å². The van der Waals surface area contributed by atoms with Gasteiger partial charge in [0.1, 0.15) is 5.82 Å². The number of alkyl halides is 3. The lowest BCUT2D eigenvalue weighted by Gasteiger charge is -2.10. The molecule has 2 N–H and O–H groups in total. The summed E-state index contributed by atoms with van der Waals surface area (Å²) in [7, 11) is 0. The predicted molar refractivity (Wildman–Crippen MR) is 60.0 cm³/mol. The minimum absolute atomic E-state index is 0.0916. The van der Waals surface area contributed by atoms with Crippen molar-refractivity contribution in [3.63, 3.8) is 0 Å². The van der Waals surface area contributed by atoms with Crippen molar-refractivity contribution in [3.05, 3.63) is 35.1 Å². The first kappa shape index (κ1) is 15.4. The fourth-order valence-electron chi connectivity index (χ4n) is 1.38. The highest BCUT2D eigenvalue weighted by Crippen LogP contribution is 2.30. The Kier molecular flexibility index (Phi) is 4.88. The number of carbonyl (C=O) groups excluding carboxylic acids is 1. The van der Waals surface area contributed by atoms with E-state index in [2.05, 4.69) is 5.32 Å². The molecule has 0 aromatic heterocycles. The zero-order chi connectivity index (χ0) is 14.6. The van der Waals surface area contributed by atoms with Crippen LogP contribution < -0.4 is 5.32 Å². The third-order valence-electron chi connectivity index (χ3n) is 2.33. The van der Waals surface area contributed by atoms with Crippen molar-refractivity contribution in [2.45, 2.75) is 25.6 Å². The summed E-state index contributed by atoms with van der Waals surface area (Å²) < 4.78 is 50.4. The molecule has 1 unspecified atom stereocenters. The Balaban J connectivity index is 2.83. The number of benzene rings is 1. The maximum absolute atomic E-state index is 13.0. The van der Waals surface area contributed by atoms with Gasteiger partial charge in [0.2, 0.25) is 0 Å². The Morgan fingerprint density at radius 3 is 2.53 bits per heavy atom. The summed E-state index contributed by atoms with van der Waals surface area (Å²) in [6.07, 6.45) is -5.09. The molecule has 106 valence electrons. The summed E-state index contributed by atoms with van der Waals surface area (Å²) in [5, 5.41) is 11.3. The molecule has 19 heavy (non-hydrogen) atoms. The summed E-state index contributed by atoms with van der Waals surface area (Å²) in [5.74, 6) is -1.94. The molecule has 1 aromatic rings. The SMILES string of the molecule is CC(O)CCNC(=O)c1cc(F)cc(C(F)(F)F)c1. The summed E-state index contributed by atoms with van der Waals surface area (Å²) in [6.45, 7) is 1.60. The number of aliphatic hydroxyl groups excluding tert-OH is 1. The minimum atomic E-state index is -4.71. The first-order valence-electron chi connectivity index (χ1n) is 5.54. The number of hydrogen-bond donors (Lipinski definition) is 2. The lowest BCUT2D eigenvalue weighted by atomic mass is 10.1. The molecule has 0 heterocycles. The molecule has 7 heteroatoms. The van der Waals surface area contributed by atoms with Crippen molar-refractivity contribution in [1.29, 1.82) is 0 Å². The highest BCUT2D eigenvalue weighted by Gasteiger charge is 2.31. The van der Waals surface area contributed by atoms with Gasteiger partial charge < -0.3 is 10.4 Å². The van der Waals surface area contributed by atoms with Gasteiger partial charge in [0, 0.05) is 12.1 Å². The van der Waals surface area contributed by atoms with Crippen LogP contribution in [0, 0.1) is 5.82 Å². The first-order valence-corrected chi connectivity index (χ1v) is 5.54. The van der Waals surface area contributed by atoms with Gasteiger partial charge in [0.25, 0.3) is 5.91 Å². The zero-order valence-electron chi connectivity index (χ0n) is 10.1. The van der Waals surface area contributed by atoms with E-state index in [1.54, 1.807) is 0 Å². The smallest absolute Gasteiger partial charge is 0.393 e. The van der Waals surface area contributed by atoms with E-state index in [-0.39, 0.29) is 13.0 Å². The second-order valence-electron chi connectivity index (χ2n) is 4.12. The van der Waals surface area contributed by atoms with E-state index in [4.69, 9.17) is 5.11 Å². The summed E-state index contributed by atoms with van der Waals surface area (Å²) in [4.78, 5) is 11.5. The van der Waals surface area contributed by atoms with Crippen LogP contribution in [0.5, 0.6) is 0 Å². The molecule has 1 aromatic carbocycles. The fraction of sp³-hybridized carbons (Fsp3) is 0.417. The van der Waals surface area contributed by atoms with Crippen LogP contribution in [0.4, 0.5) is 17.6 Å². The summed E-state index contributed by atoms with van der Waals surface area (Å²) in [6, 6.07) is 1.64. The van der Waals surface area contributed by atoms with E-state index >= 15 is 0 Å². The molecule has 0 fully saturated rings. The van der Waals surface area contributed by atoms with E-state index in [0.717, 1.165) is 6.07 Å². The Morgan fingerprint density at radius 2 is 2.00 bits per heavy atom. The highest BCUT2D eigenvalue weighted by atomic mass is 19.4. The number of nitrogens with one attached hydrogen (secondary N) is 1. The van der Waals surface area contributed by atoms with Crippen LogP contribution in [0.1, 0.15) is 29.3 Å². The number of amides is 1. The maximum Gasteiger partial charge on any atom is 0.416 e. The molecule has 1 amide bonds. The summed E-state index contributed by atoms with van der Waals surface area (Å²) >= 11 is 0. The van der Waals surface area contributed by atoms with E-state index in [9.17, 15) is 22.4 Å². The Hall–Kier alpha value is -1.63. The number of rotatable bonds is 4. The molecule has 3 nitrogen and oxygen atoms in total. The van der Waals surface area contributed by atoms with E-state index in [1.807, 2.05) is 0 Å². The van der Waals surface area contributed by atoms with Crippen LogP contribution in [0.2, 0.25) is 0 Å². The van der Waals surface area contributed by atoms with Crippen molar-refractivity contribution in [1.82, 2.24) is 5.32 Å². The van der Waals surface area contributed by atoms with Gasteiger partial charge in [-0.05, 0) is 31.5 Å². The monoisotopic (exact) mass is 279 g/mol. The van der Waals surface area contributed by atoms with E-state index in [1.165, 1.54) is 6.92 Å². The van der Waals surface area contributed by atoms with Gasteiger partial charge in [-0.2, -0.15) is 13.2 Å². The van der Waals surface area contributed by atoms with Crippen molar-refractivity contribution < 1.29 is 27.5 Å². The molecule has 0 spiro atoms. The minimum Gasteiger partial charge on any atom is -0.393 e. The molecule has 1 rings (SSSR count). The van der Waals surface area contributed by atoms with Crippen molar-refractivity contribution in [2.75, 3.05) is 6.54 Å². The first-order chi connectivity index (χ1) is 8.70. The van der Waals surface area contributed by atoms with Crippen molar-refractivity contribution >= 4 is 5.91 Å². The van der Waals surface area contributed by atoms with Crippen LogP contribution in [-0.4, -0.2) is 23.7 Å². The van der Waals surface area contributed by atoms with Crippen LogP contribution >= 0.6 is 0 Å². The lowest BCUT2D eigenvalue weighted by Crippen LogP contribution is -2.27. The molecular formula is C12H13F4NO2. The van der Waals surface area contributed by atoms with Gasteiger partial charge in [-0.3, -0.25) is 4.79 Å². The fourth-order valence-corrected chi connectivity index (χ4v) is 1.38. The topological polar surface area (TPSA) is 49.3 Å². The molecule has 0 aliphatic heterocycles. The number of halogens is 4. The average Bonchev–Trinajstić information content (AvgIpc) is 2.26. The molecule has 0 bridgehead atoms. The normalized spacial score (nSPS) is 13.2. The third-order valence-corrected chi connectivity index (χ3v) is 2.33. The van der Waals surface area contributed by atoms with Crippen LogP contribution in [-0.2, 0) is 6.18 Å². The van der Waals surface area contributed by atoms with Crippen LogP contribution in [0.3, 0.4) is 0 Å². The second kappa shape index (κ2) is 6.01. The van der Waals surface area contributed by atoms with E-state index < -0.39 is 35.1 Å². The van der Waals surface area contributed by atoms with Gasteiger partial charge in [0.15, 0.2) is 0 Å². The van der Waals surface area contributed by atoms with Gasteiger partial charge in [-0.15, -0.1) is 0 Å². The van der Waals surface area contributed by atoms with Crippen LogP contribution in [0.25, 0.3) is 0 Å². The molecule has 0 saturated heterocycles.